The summed E-state index contributed by atoms with van der Waals surface area (Å²) in [5, 5.41) is 0.675. The maximum Gasteiger partial charge on any atom is 0.267 e. The van der Waals surface area contributed by atoms with Crippen molar-refractivity contribution in [2.24, 2.45) is 0 Å². The summed E-state index contributed by atoms with van der Waals surface area (Å²) in [6.07, 6.45) is 0. The van der Waals surface area contributed by atoms with Crippen LogP contribution in [0.2, 0.25) is 5.02 Å². The van der Waals surface area contributed by atoms with Crippen LogP contribution in [-0.2, 0) is 0 Å². The minimum atomic E-state index is -0.409. The number of benzene rings is 2. The van der Waals surface area contributed by atoms with Gasteiger partial charge < -0.3 is 0 Å². The molecule has 22 heavy (non-hydrogen) atoms. The van der Waals surface area contributed by atoms with E-state index in [1.165, 1.54) is 16.7 Å². The average Bonchev–Trinajstić information content (AvgIpc) is 2.49. The summed E-state index contributed by atoms with van der Waals surface area (Å²) in [6, 6.07) is 10.9. The highest BCUT2D eigenvalue weighted by molar-refractivity contribution is 6.35. The van der Waals surface area contributed by atoms with E-state index >= 15 is 0 Å². The fraction of sp³-hybridized carbons (Fsp3) is 0.176. The van der Waals surface area contributed by atoms with Crippen LogP contribution < -0.4 is 5.56 Å². The number of aromatic nitrogens is 2. The van der Waals surface area contributed by atoms with Gasteiger partial charge in [-0.3, -0.25) is 9.36 Å². The molecule has 0 aliphatic heterocycles. The lowest BCUT2D eigenvalue weighted by Crippen LogP contribution is -2.22. The van der Waals surface area contributed by atoms with Gasteiger partial charge in [0.15, 0.2) is 0 Å². The van der Waals surface area contributed by atoms with Crippen molar-refractivity contribution in [2.75, 3.05) is 0 Å². The molecule has 0 saturated carbocycles. The first-order chi connectivity index (χ1) is 10.6. The maximum atomic E-state index is 13.3. The van der Waals surface area contributed by atoms with Crippen molar-refractivity contribution in [3.63, 3.8) is 0 Å². The Morgan fingerprint density at radius 2 is 1.82 bits per heavy atom. The number of halogens is 2. The Labute approximate surface area is 133 Å². The molecular weight excluding hydrogens is 303 g/mol. The van der Waals surface area contributed by atoms with Gasteiger partial charge in [-0.05, 0) is 37.3 Å². The first-order valence-electron chi connectivity index (χ1n) is 7.02. The second kappa shape index (κ2) is 6.71. The summed E-state index contributed by atoms with van der Waals surface area (Å²) in [5.41, 5.74) is 0.665. The number of nitrogens with zero attached hydrogens (tertiary/aromatic N) is 2. The van der Waals surface area contributed by atoms with E-state index < -0.39 is 5.82 Å². The summed E-state index contributed by atoms with van der Waals surface area (Å²) >= 11 is 6.08. The first-order valence-corrected chi connectivity index (χ1v) is 7.39. The molecule has 0 aliphatic rings. The third kappa shape index (κ3) is 2.88. The molecule has 5 heteroatoms. The van der Waals surface area contributed by atoms with Crippen LogP contribution in [0.15, 0.2) is 47.3 Å². The fourth-order valence-corrected chi connectivity index (χ4v) is 2.47. The van der Waals surface area contributed by atoms with Gasteiger partial charge in [-0.2, -0.15) is 0 Å². The van der Waals surface area contributed by atoms with Gasteiger partial charge >= 0.3 is 0 Å². The monoisotopic (exact) mass is 318 g/mol. The molecule has 0 fully saturated rings. The summed E-state index contributed by atoms with van der Waals surface area (Å²) in [6.45, 7) is 5.70. The third-order valence-electron chi connectivity index (χ3n) is 3.08. The van der Waals surface area contributed by atoms with E-state index in [-0.39, 0.29) is 5.56 Å². The second-order valence-corrected chi connectivity index (χ2v) is 4.82. The van der Waals surface area contributed by atoms with E-state index in [2.05, 4.69) is 4.98 Å². The molecule has 3 nitrogen and oxygen atoms in total. The van der Waals surface area contributed by atoms with E-state index in [1.54, 1.807) is 37.3 Å². The highest BCUT2D eigenvalue weighted by atomic mass is 35.5. The van der Waals surface area contributed by atoms with E-state index in [0.717, 1.165) is 0 Å². The average molecular weight is 319 g/mol. The molecule has 0 saturated heterocycles. The van der Waals surface area contributed by atoms with Gasteiger partial charge in [-0.15, -0.1) is 0 Å². The topological polar surface area (TPSA) is 34.9 Å². The van der Waals surface area contributed by atoms with Gasteiger partial charge in [-0.1, -0.05) is 37.6 Å². The van der Waals surface area contributed by atoms with Crippen molar-refractivity contribution >= 4 is 22.5 Å². The largest absolute Gasteiger partial charge is 0.268 e. The highest BCUT2D eigenvalue weighted by Crippen LogP contribution is 2.20. The number of rotatable bonds is 1. The van der Waals surface area contributed by atoms with E-state index in [9.17, 15) is 9.18 Å². The first kappa shape index (κ1) is 16.2. The molecule has 0 atom stereocenters. The van der Waals surface area contributed by atoms with E-state index in [0.29, 0.717) is 27.4 Å². The summed E-state index contributed by atoms with van der Waals surface area (Å²) in [4.78, 5) is 17.0. The predicted molar refractivity (Wildman–Crippen MR) is 88.4 cm³/mol. The zero-order valence-corrected chi connectivity index (χ0v) is 13.4. The molecule has 0 aliphatic carbocycles. The molecule has 0 radical (unpaired) electrons. The highest BCUT2D eigenvalue weighted by Gasteiger charge is 2.12. The molecular formula is C17H16ClFN2O. The molecule has 3 rings (SSSR count). The van der Waals surface area contributed by atoms with Gasteiger partial charge in [0, 0.05) is 0 Å². The van der Waals surface area contributed by atoms with Crippen LogP contribution in [0.3, 0.4) is 0 Å². The summed E-state index contributed by atoms with van der Waals surface area (Å²) in [7, 11) is 0. The van der Waals surface area contributed by atoms with Crippen LogP contribution in [0, 0.1) is 12.7 Å². The van der Waals surface area contributed by atoms with Gasteiger partial charge in [0.05, 0.1) is 21.6 Å². The van der Waals surface area contributed by atoms with E-state index in [4.69, 9.17) is 11.6 Å². The van der Waals surface area contributed by atoms with Gasteiger partial charge in [-0.25, -0.2) is 9.37 Å². The van der Waals surface area contributed by atoms with Crippen molar-refractivity contribution in [3.05, 3.63) is 69.5 Å². The lowest BCUT2D eigenvalue weighted by Gasteiger charge is -2.11. The van der Waals surface area contributed by atoms with Crippen LogP contribution >= 0.6 is 11.6 Å². The van der Waals surface area contributed by atoms with Crippen LogP contribution in [0.25, 0.3) is 16.6 Å². The number of hydrogen-bond donors (Lipinski definition) is 0. The second-order valence-electron chi connectivity index (χ2n) is 4.41. The third-order valence-corrected chi connectivity index (χ3v) is 3.40. The van der Waals surface area contributed by atoms with Crippen LogP contribution in [0.5, 0.6) is 0 Å². The minimum absolute atomic E-state index is 0.302. The minimum Gasteiger partial charge on any atom is -0.268 e. The van der Waals surface area contributed by atoms with Crippen LogP contribution in [0.4, 0.5) is 4.39 Å². The smallest absolute Gasteiger partial charge is 0.267 e. The standard InChI is InChI=1S/C15H10ClFN2O.C2H6/c1-9-18-13-7-3-6-12(16)14(13)15(20)19(9)11-5-2-4-10(17)8-11;1-2/h2-8H,1H3;1-2H3. The molecule has 1 aromatic heterocycles. The Bertz CT molecular complexity index is 874. The summed E-state index contributed by atoms with van der Waals surface area (Å²) < 4.78 is 14.7. The SMILES string of the molecule is CC.Cc1nc2cccc(Cl)c2c(=O)n1-c1cccc(F)c1. The fourth-order valence-electron chi connectivity index (χ4n) is 2.22. The molecule has 0 spiro atoms. The maximum absolute atomic E-state index is 13.3. The summed E-state index contributed by atoms with van der Waals surface area (Å²) in [5.74, 6) is 0.0726. The number of fused-ring (bicyclic) bond motifs is 1. The number of aryl methyl sites for hydroxylation is 1. The molecule has 0 N–H and O–H groups in total. The molecule has 0 amide bonds. The molecule has 2 aromatic carbocycles. The molecule has 0 unspecified atom stereocenters. The molecule has 114 valence electrons. The Hall–Kier alpha value is -2.20. The Kier molecular flexibility index (Phi) is 4.93. The lowest BCUT2D eigenvalue weighted by atomic mass is 10.2. The normalized spacial score (nSPS) is 10.2. The Balaban J connectivity index is 0.000000847. The van der Waals surface area contributed by atoms with Crippen molar-refractivity contribution in [1.29, 1.82) is 0 Å². The Morgan fingerprint density at radius 3 is 2.50 bits per heavy atom. The molecule has 1 heterocycles. The van der Waals surface area contributed by atoms with Gasteiger partial charge in [0.2, 0.25) is 0 Å². The van der Waals surface area contributed by atoms with Crippen molar-refractivity contribution < 1.29 is 4.39 Å². The molecule has 3 aromatic rings. The lowest BCUT2D eigenvalue weighted by molar-refractivity contribution is 0.626. The van der Waals surface area contributed by atoms with Crippen molar-refractivity contribution in [2.45, 2.75) is 20.8 Å². The zero-order valence-electron chi connectivity index (χ0n) is 12.6. The van der Waals surface area contributed by atoms with E-state index in [1.807, 2.05) is 13.8 Å². The van der Waals surface area contributed by atoms with Crippen LogP contribution in [0.1, 0.15) is 19.7 Å². The van der Waals surface area contributed by atoms with Gasteiger partial charge in [0.1, 0.15) is 11.6 Å². The van der Waals surface area contributed by atoms with Crippen molar-refractivity contribution in [1.82, 2.24) is 9.55 Å². The zero-order chi connectivity index (χ0) is 16.3. The Morgan fingerprint density at radius 1 is 1.14 bits per heavy atom. The number of hydrogen-bond acceptors (Lipinski definition) is 2. The predicted octanol–water partition coefficient (Wildman–Crippen LogP) is 4.51. The van der Waals surface area contributed by atoms with Crippen molar-refractivity contribution in [3.8, 4) is 5.69 Å². The quantitative estimate of drug-likeness (QED) is 0.661. The van der Waals surface area contributed by atoms with Gasteiger partial charge in [0.25, 0.3) is 5.56 Å². The molecule has 0 bridgehead atoms. The van der Waals surface area contributed by atoms with Crippen LogP contribution in [-0.4, -0.2) is 9.55 Å².